The lowest BCUT2D eigenvalue weighted by molar-refractivity contribution is 0.669. The molecular formula is C48H32N2O. The van der Waals surface area contributed by atoms with E-state index in [9.17, 15) is 0 Å². The smallest absolute Gasteiger partial charge is 0.160 e. The molecular weight excluding hydrogens is 621 g/mol. The van der Waals surface area contributed by atoms with Gasteiger partial charge in [-0.3, -0.25) is 0 Å². The minimum absolute atomic E-state index is 0.515. The van der Waals surface area contributed by atoms with Crippen molar-refractivity contribution in [2.24, 2.45) is 9.98 Å². The molecule has 0 saturated carbocycles. The zero-order valence-electron chi connectivity index (χ0n) is 28.1. The van der Waals surface area contributed by atoms with Gasteiger partial charge in [0.05, 0.1) is 11.1 Å². The third kappa shape index (κ3) is 4.25. The summed E-state index contributed by atoms with van der Waals surface area (Å²) in [6, 6.07) is 57.8. The van der Waals surface area contributed by atoms with Crippen molar-refractivity contribution in [1.29, 1.82) is 0 Å². The molecule has 10 rings (SSSR count). The molecule has 0 amide bonds. The number of amidine groups is 1. The van der Waals surface area contributed by atoms with Gasteiger partial charge in [-0.1, -0.05) is 158 Å². The van der Waals surface area contributed by atoms with Crippen LogP contribution in [0.15, 0.2) is 185 Å². The summed E-state index contributed by atoms with van der Waals surface area (Å²) in [6.07, 6.45) is 0. The van der Waals surface area contributed by atoms with E-state index >= 15 is 0 Å². The zero-order valence-corrected chi connectivity index (χ0v) is 28.1. The van der Waals surface area contributed by atoms with E-state index in [-0.39, 0.29) is 0 Å². The van der Waals surface area contributed by atoms with Crippen LogP contribution in [0.2, 0.25) is 0 Å². The van der Waals surface area contributed by atoms with Gasteiger partial charge in [-0.15, -0.1) is 0 Å². The highest BCUT2D eigenvalue weighted by atomic mass is 16.3. The molecule has 2 aliphatic rings. The minimum atomic E-state index is -0.515. The number of nitrogens with zero attached hydrogens (tertiary/aromatic N) is 2. The lowest BCUT2D eigenvalue weighted by Crippen LogP contribution is -2.26. The number of benzene rings is 7. The van der Waals surface area contributed by atoms with Crippen LogP contribution in [0, 0.1) is 0 Å². The third-order valence-electron chi connectivity index (χ3n) is 10.7. The molecule has 1 heterocycles. The van der Waals surface area contributed by atoms with E-state index in [1.165, 1.54) is 44.5 Å². The Hall–Kier alpha value is -6.58. The van der Waals surface area contributed by atoms with Gasteiger partial charge in [0, 0.05) is 27.6 Å². The Morgan fingerprint density at radius 2 is 1.14 bits per heavy atom. The van der Waals surface area contributed by atoms with Crippen LogP contribution in [0.25, 0.3) is 49.9 Å². The first kappa shape index (κ1) is 29.3. The molecule has 1 aromatic heterocycles. The van der Waals surface area contributed by atoms with Crippen molar-refractivity contribution < 1.29 is 4.42 Å². The van der Waals surface area contributed by atoms with Gasteiger partial charge < -0.3 is 4.42 Å². The molecule has 0 aliphatic heterocycles. The van der Waals surface area contributed by atoms with E-state index in [2.05, 4.69) is 111 Å². The number of rotatable bonds is 4. The van der Waals surface area contributed by atoms with Crippen LogP contribution in [-0.2, 0) is 5.41 Å². The maximum Gasteiger partial charge on any atom is 0.160 e. The highest BCUT2D eigenvalue weighted by Gasteiger charge is 2.52. The summed E-state index contributed by atoms with van der Waals surface area (Å²) in [5, 5.41) is 2.28. The van der Waals surface area contributed by atoms with E-state index in [4.69, 9.17) is 14.4 Å². The van der Waals surface area contributed by atoms with Gasteiger partial charge in [-0.25, -0.2) is 9.98 Å². The predicted molar refractivity (Wildman–Crippen MR) is 211 cm³/mol. The number of fused-ring (bicyclic) bond motifs is 14. The van der Waals surface area contributed by atoms with Crippen molar-refractivity contribution in [2.75, 3.05) is 0 Å². The van der Waals surface area contributed by atoms with Crippen LogP contribution in [0.5, 0.6) is 0 Å². The highest BCUT2D eigenvalue weighted by Crippen LogP contribution is 2.64. The van der Waals surface area contributed by atoms with Crippen LogP contribution >= 0.6 is 0 Å². The molecule has 1 unspecified atom stereocenters. The molecule has 240 valence electrons. The van der Waals surface area contributed by atoms with Gasteiger partial charge in [0.2, 0.25) is 0 Å². The SMILES string of the molecule is C=C(/N=C(\N=C(/C)c1ccc2c(c1)C1(c3ccccc3-2)c2ccccc2-c2c1ccc1c2oc2ccccc21)c1ccccc1)c1ccccc1. The van der Waals surface area contributed by atoms with Gasteiger partial charge in [-0.2, -0.15) is 0 Å². The van der Waals surface area contributed by atoms with E-state index in [0.29, 0.717) is 11.5 Å². The lowest BCUT2D eigenvalue weighted by Gasteiger charge is -2.30. The molecule has 1 atom stereocenters. The van der Waals surface area contributed by atoms with Gasteiger partial charge >= 0.3 is 0 Å². The van der Waals surface area contributed by atoms with E-state index < -0.39 is 5.41 Å². The summed E-state index contributed by atoms with van der Waals surface area (Å²) in [7, 11) is 0. The number of hydrogen-bond acceptors (Lipinski definition) is 2. The molecule has 7 aromatic carbocycles. The molecule has 2 aliphatic carbocycles. The molecule has 0 N–H and O–H groups in total. The fourth-order valence-electron chi connectivity index (χ4n) is 8.41. The number of para-hydroxylation sites is 1. The average molecular weight is 653 g/mol. The summed E-state index contributed by atoms with van der Waals surface area (Å²) >= 11 is 0. The van der Waals surface area contributed by atoms with Crippen molar-refractivity contribution in [1.82, 2.24) is 0 Å². The lowest BCUT2D eigenvalue weighted by atomic mass is 9.70. The second-order valence-electron chi connectivity index (χ2n) is 13.4. The third-order valence-corrected chi connectivity index (χ3v) is 10.7. The normalized spacial score (nSPS) is 15.9. The second kappa shape index (κ2) is 11.2. The van der Waals surface area contributed by atoms with Crippen molar-refractivity contribution in [2.45, 2.75) is 12.3 Å². The average Bonchev–Trinajstić information content (AvgIpc) is 3.82. The monoisotopic (exact) mass is 652 g/mol. The maximum absolute atomic E-state index is 6.70. The number of hydrogen-bond donors (Lipinski definition) is 0. The molecule has 0 saturated heterocycles. The Kier molecular flexibility index (Phi) is 6.46. The Morgan fingerprint density at radius 3 is 1.92 bits per heavy atom. The fraction of sp³-hybridized carbons (Fsp3) is 0.0417. The quantitative estimate of drug-likeness (QED) is 0.138. The summed E-state index contributed by atoms with van der Waals surface area (Å²) < 4.78 is 6.70. The molecule has 8 aromatic rings. The van der Waals surface area contributed by atoms with Crippen molar-refractivity contribution in [3.05, 3.63) is 209 Å². The first-order valence-electron chi connectivity index (χ1n) is 17.4. The summed E-state index contributed by atoms with van der Waals surface area (Å²) in [5.74, 6) is 0.629. The van der Waals surface area contributed by atoms with Crippen molar-refractivity contribution in [3.8, 4) is 22.3 Å². The first-order valence-corrected chi connectivity index (χ1v) is 17.4. The van der Waals surface area contributed by atoms with Crippen molar-refractivity contribution >= 4 is 39.2 Å². The van der Waals surface area contributed by atoms with Gasteiger partial charge in [0.1, 0.15) is 11.2 Å². The highest BCUT2D eigenvalue weighted by molar-refractivity contribution is 6.15. The molecule has 0 radical (unpaired) electrons. The van der Waals surface area contributed by atoms with Crippen LogP contribution in [0.3, 0.4) is 0 Å². The topological polar surface area (TPSA) is 37.9 Å². The Balaban J connectivity index is 1.20. The number of aliphatic imine (C=N–C) groups is 2. The van der Waals surface area contributed by atoms with Gasteiger partial charge in [0.15, 0.2) is 5.84 Å². The fourth-order valence-corrected chi connectivity index (χ4v) is 8.41. The molecule has 51 heavy (non-hydrogen) atoms. The predicted octanol–water partition coefficient (Wildman–Crippen LogP) is 11.9. The zero-order chi connectivity index (χ0) is 34.1. The van der Waals surface area contributed by atoms with Crippen LogP contribution in [-0.4, -0.2) is 11.5 Å². The largest absolute Gasteiger partial charge is 0.455 e. The van der Waals surface area contributed by atoms with Gasteiger partial charge in [-0.05, 0) is 69.1 Å². The van der Waals surface area contributed by atoms with Crippen LogP contribution < -0.4 is 0 Å². The maximum atomic E-state index is 6.70. The Labute approximate surface area is 296 Å². The van der Waals surface area contributed by atoms with Crippen LogP contribution in [0.4, 0.5) is 0 Å². The number of furan rings is 1. The standard InChI is InChI=1S/C48H32N2O/c1-30(32-15-5-3-6-16-32)49-47(33-17-7-4-8-18-33)50-31(2)34-25-26-36-35-19-9-12-22-40(35)48(43(36)29-34)41-23-13-10-21-39(41)45-42(48)28-27-38-37-20-11-14-24-44(37)51-46(38)45/h3-29H,1H2,2H3/b49-47-,50-31+. The van der Waals surface area contributed by atoms with E-state index in [1.807, 2.05) is 66.7 Å². The molecule has 0 fully saturated rings. The first-order chi connectivity index (χ1) is 25.1. The minimum Gasteiger partial charge on any atom is -0.455 e. The summed E-state index contributed by atoms with van der Waals surface area (Å²) in [6.45, 7) is 6.38. The van der Waals surface area contributed by atoms with Crippen molar-refractivity contribution in [3.63, 3.8) is 0 Å². The van der Waals surface area contributed by atoms with E-state index in [0.717, 1.165) is 44.3 Å². The second-order valence-corrected chi connectivity index (χ2v) is 13.4. The Morgan fingerprint density at radius 1 is 0.510 bits per heavy atom. The Bertz CT molecular complexity index is 2770. The molecule has 1 spiro atoms. The van der Waals surface area contributed by atoms with Gasteiger partial charge in [0.25, 0.3) is 0 Å². The van der Waals surface area contributed by atoms with Crippen LogP contribution in [0.1, 0.15) is 45.9 Å². The summed E-state index contributed by atoms with van der Waals surface area (Å²) in [5.41, 5.74) is 15.8. The molecule has 3 heteroatoms. The molecule has 0 bridgehead atoms. The molecule has 3 nitrogen and oxygen atoms in total. The van der Waals surface area contributed by atoms with E-state index in [1.54, 1.807) is 0 Å². The summed E-state index contributed by atoms with van der Waals surface area (Å²) in [4.78, 5) is 10.2.